The first-order valence-electron chi connectivity index (χ1n) is 7.10. The summed E-state index contributed by atoms with van der Waals surface area (Å²) in [5.74, 6) is -0.00645. The van der Waals surface area contributed by atoms with Crippen molar-refractivity contribution >= 4 is 28.8 Å². The molecule has 0 saturated heterocycles. The highest BCUT2D eigenvalue weighted by molar-refractivity contribution is 6.34. The van der Waals surface area contributed by atoms with Crippen molar-refractivity contribution in [2.75, 3.05) is 11.4 Å². The fourth-order valence-electron chi connectivity index (χ4n) is 2.32. The Morgan fingerprint density at radius 3 is 2.48 bits per heavy atom. The molecule has 0 aromatic heterocycles. The number of unbranched alkanes of at least 4 members (excludes halogenated alkanes) is 1. The van der Waals surface area contributed by atoms with Gasteiger partial charge in [0.15, 0.2) is 0 Å². The van der Waals surface area contributed by atoms with Crippen LogP contribution in [0.4, 0.5) is 11.4 Å². The van der Waals surface area contributed by atoms with Gasteiger partial charge in [-0.15, -0.1) is 0 Å². The average Bonchev–Trinajstić information content (AvgIpc) is 2.48. The smallest absolute Gasteiger partial charge is 0.126 e. The third-order valence-corrected chi connectivity index (χ3v) is 3.67. The maximum atomic E-state index is 7.82. The van der Waals surface area contributed by atoms with E-state index >= 15 is 0 Å². The number of rotatable bonds is 6. The molecule has 0 fully saturated rings. The minimum atomic E-state index is -0.00645. The van der Waals surface area contributed by atoms with Gasteiger partial charge in [0.05, 0.1) is 16.3 Å². The number of nitrogens with zero attached hydrogens (tertiary/aromatic N) is 1. The molecule has 110 valence electrons. The summed E-state index contributed by atoms with van der Waals surface area (Å²) < 4.78 is 0. The zero-order valence-corrected chi connectivity index (χ0v) is 12.9. The number of nitrogens with one attached hydrogen (secondary N) is 1. The van der Waals surface area contributed by atoms with Crippen LogP contribution in [-0.2, 0) is 0 Å². The summed E-state index contributed by atoms with van der Waals surface area (Å²) in [4.78, 5) is 2.17. The summed E-state index contributed by atoms with van der Waals surface area (Å²) in [5.41, 5.74) is 8.29. The predicted octanol–water partition coefficient (Wildman–Crippen LogP) is 4.56. The Morgan fingerprint density at radius 2 is 1.86 bits per heavy atom. The van der Waals surface area contributed by atoms with E-state index in [1.165, 1.54) is 0 Å². The zero-order valence-electron chi connectivity index (χ0n) is 12.1. The number of nitrogen functional groups attached to an aromatic ring is 1. The van der Waals surface area contributed by atoms with E-state index in [1.54, 1.807) is 6.07 Å². The van der Waals surface area contributed by atoms with E-state index in [4.69, 9.17) is 22.7 Å². The van der Waals surface area contributed by atoms with Gasteiger partial charge in [-0.05, 0) is 30.7 Å². The molecule has 2 rings (SSSR count). The molecule has 0 amide bonds. The van der Waals surface area contributed by atoms with Crippen molar-refractivity contribution in [2.45, 2.75) is 19.8 Å². The highest BCUT2D eigenvalue weighted by atomic mass is 35.5. The number of amidine groups is 1. The molecule has 2 aromatic carbocycles. The molecule has 21 heavy (non-hydrogen) atoms. The average molecular weight is 302 g/mol. The molecule has 0 saturated carbocycles. The third-order valence-electron chi connectivity index (χ3n) is 3.35. The molecule has 4 heteroatoms. The third kappa shape index (κ3) is 3.56. The van der Waals surface area contributed by atoms with Gasteiger partial charge < -0.3 is 10.6 Å². The van der Waals surface area contributed by atoms with Crippen LogP contribution < -0.4 is 10.6 Å². The first-order valence-corrected chi connectivity index (χ1v) is 7.48. The van der Waals surface area contributed by atoms with Gasteiger partial charge in [0, 0.05) is 12.2 Å². The molecule has 0 aliphatic rings. The lowest BCUT2D eigenvalue weighted by Crippen LogP contribution is -2.23. The Bertz CT molecular complexity index is 611. The number of anilines is 2. The summed E-state index contributed by atoms with van der Waals surface area (Å²) >= 11 is 6.24. The molecule has 0 heterocycles. The number of hydrogen-bond donors (Lipinski definition) is 2. The van der Waals surface area contributed by atoms with Crippen molar-refractivity contribution in [3.05, 3.63) is 59.1 Å². The number of nitrogens with two attached hydrogens (primary N) is 1. The fourth-order valence-corrected chi connectivity index (χ4v) is 2.59. The Labute approximate surface area is 130 Å². The number of benzene rings is 2. The summed E-state index contributed by atoms with van der Waals surface area (Å²) in [7, 11) is 0. The first-order chi connectivity index (χ1) is 10.1. The van der Waals surface area contributed by atoms with E-state index in [0.717, 1.165) is 30.8 Å². The van der Waals surface area contributed by atoms with Gasteiger partial charge in [0.1, 0.15) is 5.84 Å². The Hall–Kier alpha value is -2.00. The number of hydrogen-bond acceptors (Lipinski definition) is 2. The minimum Gasteiger partial charge on any atom is -0.384 e. The summed E-state index contributed by atoms with van der Waals surface area (Å²) in [6.45, 7) is 3.02. The van der Waals surface area contributed by atoms with Crippen LogP contribution in [0.5, 0.6) is 0 Å². The maximum absolute atomic E-state index is 7.82. The second-order valence-corrected chi connectivity index (χ2v) is 5.30. The van der Waals surface area contributed by atoms with Crippen LogP contribution in [0.1, 0.15) is 25.3 Å². The molecule has 3 N–H and O–H groups in total. The van der Waals surface area contributed by atoms with E-state index in [9.17, 15) is 0 Å². The lowest BCUT2D eigenvalue weighted by molar-refractivity contribution is 0.785. The Kier molecular flexibility index (Phi) is 5.23. The number of para-hydroxylation sites is 1. The lowest BCUT2D eigenvalue weighted by atomic mass is 10.1. The van der Waals surface area contributed by atoms with Crippen LogP contribution in [0.3, 0.4) is 0 Å². The lowest BCUT2D eigenvalue weighted by Gasteiger charge is -2.27. The minimum absolute atomic E-state index is 0.00645. The molecule has 0 unspecified atom stereocenters. The topological polar surface area (TPSA) is 53.1 Å². The van der Waals surface area contributed by atoms with Crippen LogP contribution in [-0.4, -0.2) is 12.4 Å². The Morgan fingerprint density at radius 1 is 1.14 bits per heavy atom. The molecule has 0 atom stereocenters. The number of halogens is 1. The van der Waals surface area contributed by atoms with Gasteiger partial charge in [-0.2, -0.15) is 0 Å². The molecule has 3 nitrogen and oxygen atoms in total. The highest BCUT2D eigenvalue weighted by Crippen LogP contribution is 2.32. The van der Waals surface area contributed by atoms with Gasteiger partial charge in [0.25, 0.3) is 0 Å². The SMILES string of the molecule is CCCCN(c1ccccc1)c1cccc(Cl)c1C(=N)N. The van der Waals surface area contributed by atoms with Crippen molar-refractivity contribution in [1.29, 1.82) is 5.41 Å². The van der Waals surface area contributed by atoms with Gasteiger partial charge in [-0.25, -0.2) is 0 Å². The molecule has 0 aliphatic carbocycles. The van der Waals surface area contributed by atoms with Crippen molar-refractivity contribution in [1.82, 2.24) is 0 Å². The second kappa shape index (κ2) is 7.14. The second-order valence-electron chi connectivity index (χ2n) is 4.89. The monoisotopic (exact) mass is 301 g/mol. The van der Waals surface area contributed by atoms with E-state index < -0.39 is 0 Å². The zero-order chi connectivity index (χ0) is 15.2. The van der Waals surface area contributed by atoms with Gasteiger partial charge >= 0.3 is 0 Å². The first kappa shape index (κ1) is 15.4. The van der Waals surface area contributed by atoms with Gasteiger partial charge in [0.2, 0.25) is 0 Å². The van der Waals surface area contributed by atoms with Crippen molar-refractivity contribution in [3.63, 3.8) is 0 Å². The normalized spacial score (nSPS) is 10.4. The van der Waals surface area contributed by atoms with Crippen LogP contribution in [0.2, 0.25) is 5.02 Å². The molecule has 0 spiro atoms. The molecule has 2 aromatic rings. The standard InChI is InChI=1S/C17H20ClN3/c1-2-3-12-21(13-8-5-4-6-9-13)15-11-7-10-14(18)16(15)17(19)20/h4-11H,2-3,12H2,1H3,(H3,19,20). The fraction of sp³-hybridized carbons (Fsp3) is 0.235. The molecule has 0 bridgehead atoms. The molecule has 0 radical (unpaired) electrons. The van der Waals surface area contributed by atoms with Crippen LogP contribution >= 0.6 is 11.6 Å². The van der Waals surface area contributed by atoms with Gasteiger partial charge in [-0.3, -0.25) is 5.41 Å². The molecular formula is C17H20ClN3. The van der Waals surface area contributed by atoms with Gasteiger partial charge in [-0.1, -0.05) is 49.2 Å². The van der Waals surface area contributed by atoms with Crippen molar-refractivity contribution < 1.29 is 0 Å². The Balaban J connectivity index is 2.52. The van der Waals surface area contributed by atoms with E-state index in [0.29, 0.717) is 10.6 Å². The van der Waals surface area contributed by atoms with Crippen LogP contribution in [0.15, 0.2) is 48.5 Å². The summed E-state index contributed by atoms with van der Waals surface area (Å²) in [5, 5.41) is 8.33. The summed E-state index contributed by atoms with van der Waals surface area (Å²) in [6.07, 6.45) is 2.15. The largest absolute Gasteiger partial charge is 0.384 e. The highest BCUT2D eigenvalue weighted by Gasteiger charge is 2.17. The van der Waals surface area contributed by atoms with E-state index in [-0.39, 0.29) is 5.84 Å². The van der Waals surface area contributed by atoms with Crippen LogP contribution in [0.25, 0.3) is 0 Å². The van der Waals surface area contributed by atoms with E-state index in [1.807, 2.05) is 30.3 Å². The predicted molar refractivity (Wildman–Crippen MR) is 90.8 cm³/mol. The van der Waals surface area contributed by atoms with Crippen molar-refractivity contribution in [2.24, 2.45) is 5.73 Å². The quantitative estimate of drug-likeness (QED) is 0.607. The maximum Gasteiger partial charge on any atom is 0.126 e. The van der Waals surface area contributed by atoms with E-state index in [2.05, 4.69) is 24.0 Å². The summed E-state index contributed by atoms with van der Waals surface area (Å²) in [6, 6.07) is 15.7. The molecule has 0 aliphatic heterocycles. The van der Waals surface area contributed by atoms with Crippen molar-refractivity contribution in [3.8, 4) is 0 Å². The van der Waals surface area contributed by atoms with Crippen LogP contribution in [0, 0.1) is 5.41 Å². The molecular weight excluding hydrogens is 282 g/mol.